The van der Waals surface area contributed by atoms with Crippen LogP contribution >= 0.6 is 12.6 Å². The molecule has 0 aliphatic heterocycles. The average Bonchev–Trinajstić information content (AvgIpc) is 1.83. The number of nitrogens with zero attached hydrogens (tertiary/aromatic N) is 1. The molecule has 3 heteroatoms. The van der Waals surface area contributed by atoms with Crippen LogP contribution in [0.5, 0.6) is 0 Å². The van der Waals surface area contributed by atoms with Crippen LogP contribution in [0.15, 0.2) is 0 Å². The lowest BCUT2D eigenvalue weighted by molar-refractivity contribution is 0.254. The topological polar surface area (TPSA) is 44.0 Å². The van der Waals surface area contributed by atoms with Crippen molar-refractivity contribution in [2.75, 3.05) is 12.4 Å². The van der Waals surface area contributed by atoms with Crippen LogP contribution in [0.25, 0.3) is 0 Å². The van der Waals surface area contributed by atoms with Gasteiger partial charge in [0.15, 0.2) is 0 Å². The Labute approximate surface area is 54.5 Å². The van der Waals surface area contributed by atoms with Crippen molar-refractivity contribution in [1.29, 1.82) is 5.26 Å². The van der Waals surface area contributed by atoms with Crippen molar-refractivity contribution in [2.24, 2.45) is 5.92 Å². The number of hydrogen-bond donors (Lipinski definition) is 2. The van der Waals surface area contributed by atoms with Gasteiger partial charge in [0.2, 0.25) is 0 Å². The standard InChI is InChI=1S/C5H9NOS/c6-3-5(4-7)1-2-8/h5,7-8H,1-2,4H2. The normalized spacial score (nSPS) is 12.6. The summed E-state index contributed by atoms with van der Waals surface area (Å²) in [6.07, 6.45) is 0.677. The van der Waals surface area contributed by atoms with Gasteiger partial charge >= 0.3 is 0 Å². The van der Waals surface area contributed by atoms with Crippen LogP contribution in [0.3, 0.4) is 0 Å². The number of nitriles is 1. The van der Waals surface area contributed by atoms with Gasteiger partial charge in [0.05, 0.1) is 18.6 Å². The lowest BCUT2D eigenvalue weighted by Crippen LogP contribution is -2.02. The summed E-state index contributed by atoms with van der Waals surface area (Å²) in [5.74, 6) is 0.450. The van der Waals surface area contributed by atoms with Crippen LogP contribution in [0.4, 0.5) is 0 Å². The summed E-state index contributed by atoms with van der Waals surface area (Å²) in [6, 6.07) is 1.95. The molecule has 0 rings (SSSR count). The van der Waals surface area contributed by atoms with Gasteiger partial charge in [-0.25, -0.2) is 0 Å². The number of rotatable bonds is 3. The van der Waals surface area contributed by atoms with Gasteiger partial charge in [-0.05, 0) is 12.2 Å². The Morgan fingerprint density at radius 1 is 1.75 bits per heavy atom. The Hall–Kier alpha value is -0.200. The molecule has 0 fully saturated rings. The van der Waals surface area contributed by atoms with Crippen molar-refractivity contribution < 1.29 is 5.11 Å². The van der Waals surface area contributed by atoms with Crippen molar-refractivity contribution in [2.45, 2.75) is 6.42 Å². The van der Waals surface area contributed by atoms with Gasteiger partial charge in [-0.2, -0.15) is 17.9 Å². The molecule has 0 aromatic carbocycles. The van der Waals surface area contributed by atoms with E-state index in [9.17, 15) is 0 Å². The smallest absolute Gasteiger partial charge is 0.0702 e. The maximum atomic E-state index is 8.40. The molecular formula is C5H9NOS. The van der Waals surface area contributed by atoms with Gasteiger partial charge in [0.25, 0.3) is 0 Å². The first-order valence-corrected chi connectivity index (χ1v) is 3.09. The Kier molecular flexibility index (Phi) is 4.82. The van der Waals surface area contributed by atoms with Crippen molar-refractivity contribution in [1.82, 2.24) is 0 Å². The van der Waals surface area contributed by atoms with Gasteiger partial charge in [-0.1, -0.05) is 0 Å². The number of aliphatic hydroxyl groups excluding tert-OH is 1. The maximum absolute atomic E-state index is 8.40. The van der Waals surface area contributed by atoms with Crippen LogP contribution in [-0.4, -0.2) is 17.5 Å². The molecule has 1 atom stereocenters. The molecule has 1 N–H and O–H groups in total. The molecule has 0 aliphatic carbocycles. The number of thiol groups is 1. The third-order valence-electron chi connectivity index (χ3n) is 0.881. The van der Waals surface area contributed by atoms with E-state index in [-0.39, 0.29) is 12.5 Å². The second-order valence-electron chi connectivity index (χ2n) is 1.52. The van der Waals surface area contributed by atoms with Crippen molar-refractivity contribution in [3.8, 4) is 6.07 Å². The molecule has 0 aliphatic rings. The van der Waals surface area contributed by atoms with E-state index in [2.05, 4.69) is 12.6 Å². The number of hydrogen-bond acceptors (Lipinski definition) is 3. The van der Waals surface area contributed by atoms with Gasteiger partial charge in [0, 0.05) is 0 Å². The van der Waals surface area contributed by atoms with E-state index in [1.165, 1.54) is 0 Å². The minimum Gasteiger partial charge on any atom is -0.395 e. The molecule has 0 aromatic heterocycles. The summed E-state index contributed by atoms with van der Waals surface area (Å²) in [5.41, 5.74) is 0. The van der Waals surface area contributed by atoms with Crippen LogP contribution < -0.4 is 0 Å². The van der Waals surface area contributed by atoms with E-state index in [4.69, 9.17) is 10.4 Å². The van der Waals surface area contributed by atoms with E-state index in [0.29, 0.717) is 12.2 Å². The molecule has 1 unspecified atom stereocenters. The first-order chi connectivity index (χ1) is 3.85. The first-order valence-electron chi connectivity index (χ1n) is 2.46. The van der Waals surface area contributed by atoms with E-state index in [1.54, 1.807) is 0 Å². The highest BCUT2D eigenvalue weighted by Gasteiger charge is 2.01. The zero-order chi connectivity index (χ0) is 6.41. The molecular weight excluding hydrogens is 122 g/mol. The van der Waals surface area contributed by atoms with Crippen LogP contribution in [0.2, 0.25) is 0 Å². The minimum absolute atomic E-state index is 0.0446. The summed E-state index contributed by atoms with van der Waals surface area (Å²) < 4.78 is 0. The molecule has 0 amide bonds. The summed E-state index contributed by atoms with van der Waals surface area (Å²) in [6.45, 7) is -0.0446. The second-order valence-corrected chi connectivity index (χ2v) is 1.97. The highest BCUT2D eigenvalue weighted by Crippen LogP contribution is 1.99. The van der Waals surface area contributed by atoms with E-state index in [1.807, 2.05) is 6.07 Å². The van der Waals surface area contributed by atoms with E-state index >= 15 is 0 Å². The summed E-state index contributed by atoms with van der Waals surface area (Å²) in [5, 5.41) is 16.6. The van der Waals surface area contributed by atoms with E-state index < -0.39 is 0 Å². The maximum Gasteiger partial charge on any atom is 0.0702 e. The molecule has 8 heavy (non-hydrogen) atoms. The fraction of sp³-hybridized carbons (Fsp3) is 0.800. The number of aliphatic hydroxyl groups is 1. The Morgan fingerprint density at radius 2 is 2.38 bits per heavy atom. The molecule has 0 heterocycles. The van der Waals surface area contributed by atoms with Crippen LogP contribution in [0.1, 0.15) is 6.42 Å². The third kappa shape index (κ3) is 2.89. The Morgan fingerprint density at radius 3 is 2.50 bits per heavy atom. The second kappa shape index (κ2) is 4.95. The predicted molar refractivity (Wildman–Crippen MR) is 34.7 cm³/mol. The molecule has 0 bridgehead atoms. The molecule has 0 radical (unpaired) electrons. The van der Waals surface area contributed by atoms with Crippen LogP contribution in [-0.2, 0) is 0 Å². The predicted octanol–water partition coefficient (Wildman–Crippen LogP) is 0.438. The molecule has 0 aromatic rings. The highest BCUT2D eigenvalue weighted by molar-refractivity contribution is 7.80. The molecule has 0 saturated carbocycles. The molecule has 2 nitrogen and oxygen atoms in total. The average molecular weight is 131 g/mol. The van der Waals surface area contributed by atoms with Gasteiger partial charge < -0.3 is 5.11 Å². The fourth-order valence-corrected chi connectivity index (χ4v) is 0.664. The highest BCUT2D eigenvalue weighted by atomic mass is 32.1. The monoisotopic (exact) mass is 131 g/mol. The van der Waals surface area contributed by atoms with Crippen LogP contribution in [0, 0.1) is 17.2 Å². The first kappa shape index (κ1) is 7.80. The molecule has 46 valence electrons. The van der Waals surface area contributed by atoms with Crippen molar-refractivity contribution in [3.05, 3.63) is 0 Å². The van der Waals surface area contributed by atoms with Crippen molar-refractivity contribution >= 4 is 12.6 Å². The zero-order valence-electron chi connectivity index (χ0n) is 4.54. The Bertz CT molecular complexity index is 88.9. The lowest BCUT2D eigenvalue weighted by atomic mass is 10.1. The SMILES string of the molecule is N#CC(CO)CCS. The summed E-state index contributed by atoms with van der Waals surface area (Å²) in [4.78, 5) is 0. The lowest BCUT2D eigenvalue weighted by Gasteiger charge is -1.98. The van der Waals surface area contributed by atoms with Gasteiger partial charge in [0.1, 0.15) is 0 Å². The van der Waals surface area contributed by atoms with E-state index in [0.717, 1.165) is 0 Å². The molecule has 0 spiro atoms. The zero-order valence-corrected chi connectivity index (χ0v) is 5.43. The van der Waals surface area contributed by atoms with Gasteiger partial charge in [-0.3, -0.25) is 0 Å². The fourth-order valence-electron chi connectivity index (χ4n) is 0.352. The summed E-state index contributed by atoms with van der Waals surface area (Å²) in [7, 11) is 0. The minimum atomic E-state index is -0.215. The third-order valence-corrected chi connectivity index (χ3v) is 1.14. The largest absolute Gasteiger partial charge is 0.395 e. The van der Waals surface area contributed by atoms with Gasteiger partial charge in [-0.15, -0.1) is 0 Å². The Balaban J connectivity index is 3.26. The quantitative estimate of drug-likeness (QED) is 0.546. The summed E-state index contributed by atoms with van der Waals surface area (Å²) >= 11 is 3.91. The van der Waals surface area contributed by atoms with Crippen molar-refractivity contribution in [3.63, 3.8) is 0 Å². The molecule has 0 saturated heterocycles.